The summed E-state index contributed by atoms with van der Waals surface area (Å²) >= 11 is 0. The van der Waals surface area contributed by atoms with Crippen molar-refractivity contribution in [3.05, 3.63) is 30.1 Å². The van der Waals surface area contributed by atoms with Gasteiger partial charge in [-0.3, -0.25) is 9.69 Å². The van der Waals surface area contributed by atoms with Crippen molar-refractivity contribution >= 4 is 5.91 Å². The quantitative estimate of drug-likeness (QED) is 0.808. The van der Waals surface area contributed by atoms with E-state index in [2.05, 4.69) is 10.2 Å². The molecule has 22 heavy (non-hydrogen) atoms. The van der Waals surface area contributed by atoms with Gasteiger partial charge in [0, 0.05) is 13.1 Å². The standard InChI is InChI=1S/C16H23FN2O3/c1-12-9-19(10-13(2)22-12)11-16(20)18-7-8-21-15-5-3-14(17)4-6-15/h3-6,12-13H,7-11H2,1-2H3,(H,18,20). The van der Waals surface area contributed by atoms with E-state index >= 15 is 0 Å². The van der Waals surface area contributed by atoms with Crippen LogP contribution in [0.2, 0.25) is 0 Å². The van der Waals surface area contributed by atoms with Crippen LogP contribution in [0, 0.1) is 5.82 Å². The zero-order valence-corrected chi connectivity index (χ0v) is 13.0. The molecule has 2 unspecified atom stereocenters. The lowest BCUT2D eigenvalue weighted by atomic mass is 10.2. The van der Waals surface area contributed by atoms with Crippen LogP contribution >= 0.6 is 0 Å². The fraction of sp³-hybridized carbons (Fsp3) is 0.562. The zero-order valence-electron chi connectivity index (χ0n) is 13.0. The lowest BCUT2D eigenvalue weighted by Crippen LogP contribution is -2.49. The molecule has 0 aliphatic carbocycles. The highest BCUT2D eigenvalue weighted by atomic mass is 19.1. The molecule has 0 spiro atoms. The lowest BCUT2D eigenvalue weighted by molar-refractivity contribution is -0.126. The van der Waals surface area contributed by atoms with E-state index in [-0.39, 0.29) is 23.9 Å². The molecular formula is C16H23FN2O3. The van der Waals surface area contributed by atoms with E-state index in [0.29, 0.717) is 25.4 Å². The van der Waals surface area contributed by atoms with E-state index in [1.165, 1.54) is 12.1 Å². The van der Waals surface area contributed by atoms with Crippen LogP contribution in [0.15, 0.2) is 24.3 Å². The van der Waals surface area contributed by atoms with Gasteiger partial charge in [-0.2, -0.15) is 0 Å². The molecule has 0 radical (unpaired) electrons. The Kier molecular flexibility index (Phi) is 6.15. The van der Waals surface area contributed by atoms with Gasteiger partial charge in [0.1, 0.15) is 18.2 Å². The molecule has 0 aromatic heterocycles. The van der Waals surface area contributed by atoms with E-state index in [0.717, 1.165) is 13.1 Å². The first-order valence-electron chi connectivity index (χ1n) is 7.56. The Hall–Kier alpha value is -1.66. The first-order valence-corrected chi connectivity index (χ1v) is 7.56. The molecule has 0 saturated carbocycles. The van der Waals surface area contributed by atoms with Crippen LogP contribution in [-0.4, -0.2) is 55.8 Å². The van der Waals surface area contributed by atoms with Crippen LogP contribution in [0.4, 0.5) is 4.39 Å². The van der Waals surface area contributed by atoms with Gasteiger partial charge in [0.25, 0.3) is 0 Å². The maximum atomic E-state index is 12.7. The molecule has 1 aromatic carbocycles. The van der Waals surface area contributed by atoms with Crippen LogP contribution < -0.4 is 10.1 Å². The number of amides is 1. The Bertz CT molecular complexity index is 471. The van der Waals surface area contributed by atoms with Gasteiger partial charge >= 0.3 is 0 Å². The number of hydrogen-bond donors (Lipinski definition) is 1. The summed E-state index contributed by atoms with van der Waals surface area (Å²) in [5, 5.41) is 2.82. The van der Waals surface area contributed by atoms with Crippen molar-refractivity contribution in [2.75, 3.05) is 32.8 Å². The maximum Gasteiger partial charge on any atom is 0.234 e. The van der Waals surface area contributed by atoms with E-state index in [1.54, 1.807) is 12.1 Å². The highest BCUT2D eigenvalue weighted by molar-refractivity contribution is 5.78. The monoisotopic (exact) mass is 310 g/mol. The highest BCUT2D eigenvalue weighted by Gasteiger charge is 2.23. The summed E-state index contributed by atoms with van der Waals surface area (Å²) in [7, 11) is 0. The van der Waals surface area contributed by atoms with Crippen molar-refractivity contribution < 1.29 is 18.7 Å². The SMILES string of the molecule is CC1CN(CC(=O)NCCOc2ccc(F)cc2)CC(C)O1. The van der Waals surface area contributed by atoms with Crippen molar-refractivity contribution in [3.63, 3.8) is 0 Å². The van der Waals surface area contributed by atoms with Crippen molar-refractivity contribution in [2.24, 2.45) is 0 Å². The van der Waals surface area contributed by atoms with Gasteiger partial charge in [0.05, 0.1) is 25.3 Å². The van der Waals surface area contributed by atoms with Gasteiger partial charge in [-0.25, -0.2) is 4.39 Å². The molecule has 1 fully saturated rings. The van der Waals surface area contributed by atoms with Gasteiger partial charge in [0.2, 0.25) is 5.91 Å². The smallest absolute Gasteiger partial charge is 0.234 e. The number of carbonyl (C=O) groups excluding carboxylic acids is 1. The van der Waals surface area contributed by atoms with Crippen molar-refractivity contribution in [1.29, 1.82) is 0 Å². The number of nitrogens with one attached hydrogen (secondary N) is 1. The topological polar surface area (TPSA) is 50.8 Å². The van der Waals surface area contributed by atoms with Crippen molar-refractivity contribution in [3.8, 4) is 5.75 Å². The molecule has 6 heteroatoms. The summed E-state index contributed by atoms with van der Waals surface area (Å²) in [6, 6.07) is 5.81. The molecule has 1 heterocycles. The third-order valence-electron chi connectivity index (χ3n) is 3.37. The van der Waals surface area contributed by atoms with Crippen LogP contribution in [0.25, 0.3) is 0 Å². The van der Waals surface area contributed by atoms with Crippen LogP contribution in [0.1, 0.15) is 13.8 Å². The fourth-order valence-corrected chi connectivity index (χ4v) is 2.56. The number of hydrogen-bond acceptors (Lipinski definition) is 4. The third kappa shape index (κ3) is 5.61. The molecule has 1 aromatic rings. The highest BCUT2D eigenvalue weighted by Crippen LogP contribution is 2.11. The van der Waals surface area contributed by atoms with Gasteiger partial charge in [0.15, 0.2) is 0 Å². The summed E-state index contributed by atoms with van der Waals surface area (Å²) in [5.41, 5.74) is 0. The average molecular weight is 310 g/mol. The summed E-state index contributed by atoms with van der Waals surface area (Å²) in [6.07, 6.45) is 0.303. The van der Waals surface area contributed by atoms with E-state index in [4.69, 9.17) is 9.47 Å². The molecule has 0 bridgehead atoms. The summed E-state index contributed by atoms with van der Waals surface area (Å²) in [5.74, 6) is 0.269. The normalized spacial score (nSPS) is 22.3. The lowest BCUT2D eigenvalue weighted by Gasteiger charge is -2.34. The number of morpholine rings is 1. The molecule has 2 rings (SSSR count). The van der Waals surface area contributed by atoms with Gasteiger partial charge in [-0.1, -0.05) is 0 Å². The molecule has 1 aliphatic rings. The van der Waals surface area contributed by atoms with Crippen LogP contribution in [-0.2, 0) is 9.53 Å². The molecule has 1 N–H and O–H groups in total. The summed E-state index contributed by atoms with van der Waals surface area (Å²) < 4.78 is 23.8. The Balaban J connectivity index is 1.62. The third-order valence-corrected chi connectivity index (χ3v) is 3.37. The minimum absolute atomic E-state index is 0.0241. The van der Waals surface area contributed by atoms with Crippen LogP contribution in [0.3, 0.4) is 0 Å². The number of rotatable bonds is 6. The largest absolute Gasteiger partial charge is 0.492 e. The second-order valence-electron chi connectivity index (χ2n) is 5.60. The molecule has 5 nitrogen and oxygen atoms in total. The van der Waals surface area contributed by atoms with Gasteiger partial charge in [-0.05, 0) is 38.1 Å². The van der Waals surface area contributed by atoms with Gasteiger partial charge < -0.3 is 14.8 Å². The van der Waals surface area contributed by atoms with E-state index < -0.39 is 0 Å². The second-order valence-corrected chi connectivity index (χ2v) is 5.60. The average Bonchev–Trinajstić information content (AvgIpc) is 2.44. The molecule has 2 atom stereocenters. The maximum absolute atomic E-state index is 12.7. The Morgan fingerprint density at radius 3 is 2.59 bits per heavy atom. The minimum Gasteiger partial charge on any atom is -0.492 e. The number of nitrogens with zero attached hydrogens (tertiary/aromatic N) is 1. The Morgan fingerprint density at radius 1 is 1.32 bits per heavy atom. The zero-order chi connectivity index (χ0) is 15.9. The Morgan fingerprint density at radius 2 is 1.95 bits per heavy atom. The van der Waals surface area contributed by atoms with E-state index in [1.807, 2.05) is 13.8 Å². The van der Waals surface area contributed by atoms with Gasteiger partial charge in [-0.15, -0.1) is 0 Å². The fourth-order valence-electron chi connectivity index (χ4n) is 2.56. The first kappa shape index (κ1) is 16.7. The first-order chi connectivity index (χ1) is 10.5. The Labute approximate surface area is 130 Å². The predicted molar refractivity (Wildman–Crippen MR) is 81.4 cm³/mol. The number of halogens is 1. The summed E-state index contributed by atoms with van der Waals surface area (Å²) in [4.78, 5) is 14.0. The molecule has 1 saturated heterocycles. The summed E-state index contributed by atoms with van der Waals surface area (Å²) in [6.45, 7) is 6.70. The predicted octanol–water partition coefficient (Wildman–Crippen LogP) is 1.43. The molecular weight excluding hydrogens is 287 g/mol. The van der Waals surface area contributed by atoms with Crippen molar-refractivity contribution in [2.45, 2.75) is 26.1 Å². The number of carbonyl (C=O) groups is 1. The molecule has 122 valence electrons. The van der Waals surface area contributed by atoms with Crippen LogP contribution in [0.5, 0.6) is 5.75 Å². The number of benzene rings is 1. The second kappa shape index (κ2) is 8.10. The van der Waals surface area contributed by atoms with E-state index in [9.17, 15) is 9.18 Å². The molecule has 1 aliphatic heterocycles. The molecule has 1 amide bonds. The van der Waals surface area contributed by atoms with Crippen molar-refractivity contribution in [1.82, 2.24) is 10.2 Å². The number of ether oxygens (including phenoxy) is 2. The minimum atomic E-state index is -0.297.